The summed E-state index contributed by atoms with van der Waals surface area (Å²) in [7, 11) is -3.66. The van der Waals surface area contributed by atoms with Crippen molar-refractivity contribution in [3.8, 4) is 0 Å². The van der Waals surface area contributed by atoms with Crippen LogP contribution in [0.2, 0.25) is 5.02 Å². The first-order valence-electron chi connectivity index (χ1n) is 9.05. The summed E-state index contributed by atoms with van der Waals surface area (Å²) in [5.74, 6) is -0.0729. The van der Waals surface area contributed by atoms with E-state index in [1.165, 1.54) is 10.4 Å². The fourth-order valence-electron chi connectivity index (χ4n) is 4.64. The number of nitrogens with zero attached hydrogens (tertiary/aromatic N) is 2. The number of sulfonamides is 1. The van der Waals surface area contributed by atoms with Gasteiger partial charge in [0.15, 0.2) is 0 Å². The molecule has 3 aliphatic rings. The molecular formula is C18H23ClN2O3S. The lowest BCUT2D eigenvalue weighted by Gasteiger charge is -2.34. The number of piperidine rings is 1. The van der Waals surface area contributed by atoms with Crippen LogP contribution in [0.3, 0.4) is 0 Å². The predicted octanol–water partition coefficient (Wildman–Crippen LogP) is 2.89. The van der Waals surface area contributed by atoms with E-state index in [0.29, 0.717) is 25.0 Å². The van der Waals surface area contributed by atoms with Crippen LogP contribution in [0.1, 0.15) is 38.5 Å². The monoisotopic (exact) mass is 382 g/mol. The van der Waals surface area contributed by atoms with Gasteiger partial charge in [0.05, 0.1) is 10.9 Å². The van der Waals surface area contributed by atoms with E-state index in [1.54, 1.807) is 18.2 Å². The first-order valence-corrected chi connectivity index (χ1v) is 10.9. The molecule has 1 aromatic carbocycles. The second-order valence-corrected chi connectivity index (χ2v) is 9.65. The quantitative estimate of drug-likeness (QED) is 0.807. The Morgan fingerprint density at radius 1 is 1.04 bits per heavy atom. The number of benzene rings is 1. The molecule has 7 heteroatoms. The molecule has 1 atom stereocenters. The number of rotatable bonds is 3. The molecule has 0 spiro atoms. The molecule has 25 heavy (non-hydrogen) atoms. The van der Waals surface area contributed by atoms with Crippen molar-refractivity contribution in [2.24, 2.45) is 5.92 Å². The van der Waals surface area contributed by atoms with Crippen LogP contribution in [0.15, 0.2) is 29.2 Å². The summed E-state index contributed by atoms with van der Waals surface area (Å²) in [4.78, 5) is 15.2. The number of halogens is 1. The van der Waals surface area contributed by atoms with Crippen LogP contribution in [0, 0.1) is 5.92 Å². The average Bonchev–Trinajstić information content (AvgIpc) is 3.22. The van der Waals surface area contributed by atoms with Gasteiger partial charge in [-0.25, -0.2) is 8.42 Å². The van der Waals surface area contributed by atoms with Crippen molar-refractivity contribution >= 4 is 27.5 Å². The van der Waals surface area contributed by atoms with E-state index in [9.17, 15) is 13.2 Å². The lowest BCUT2D eigenvalue weighted by Crippen LogP contribution is -2.48. The fourth-order valence-corrected chi connectivity index (χ4v) is 6.66. The minimum atomic E-state index is -3.66. The third kappa shape index (κ3) is 2.98. The third-order valence-electron chi connectivity index (χ3n) is 5.90. The number of carbonyl (C=O) groups excluding carboxylic acids is 1. The molecule has 2 bridgehead atoms. The molecule has 0 N–H and O–H groups in total. The maximum Gasteiger partial charge on any atom is 0.244 e. The number of carbonyl (C=O) groups is 1. The first-order chi connectivity index (χ1) is 12.0. The molecule has 0 radical (unpaired) electrons. The average molecular weight is 383 g/mol. The summed E-state index contributed by atoms with van der Waals surface area (Å²) in [6.45, 7) is 0.715. The Balaban J connectivity index is 1.53. The molecule has 136 valence electrons. The number of fused-ring (bicyclic) bond motifs is 2. The SMILES string of the molecule is O=C([C@H]1CCCN(S(=O)(=O)c2ccccc2Cl)C1)N1C2CCC1CC2. The summed E-state index contributed by atoms with van der Waals surface area (Å²) in [6.07, 6.45) is 5.89. The van der Waals surface area contributed by atoms with Gasteiger partial charge in [-0.3, -0.25) is 4.79 Å². The van der Waals surface area contributed by atoms with E-state index < -0.39 is 10.0 Å². The van der Waals surface area contributed by atoms with Gasteiger partial charge in [0.2, 0.25) is 15.9 Å². The Hall–Kier alpha value is -1.11. The van der Waals surface area contributed by atoms with Crippen molar-refractivity contribution in [2.45, 2.75) is 55.5 Å². The van der Waals surface area contributed by atoms with E-state index in [2.05, 4.69) is 4.90 Å². The van der Waals surface area contributed by atoms with Gasteiger partial charge < -0.3 is 4.90 Å². The van der Waals surface area contributed by atoms with Crippen LogP contribution in [-0.4, -0.2) is 48.7 Å². The predicted molar refractivity (Wildman–Crippen MR) is 95.8 cm³/mol. The summed E-state index contributed by atoms with van der Waals surface area (Å²) < 4.78 is 27.4. The zero-order chi connectivity index (χ0) is 17.6. The van der Waals surface area contributed by atoms with Gasteiger partial charge in [-0.1, -0.05) is 23.7 Å². The molecular weight excluding hydrogens is 360 g/mol. The summed E-state index contributed by atoms with van der Waals surface area (Å²) in [5.41, 5.74) is 0. The van der Waals surface area contributed by atoms with E-state index in [0.717, 1.165) is 32.1 Å². The highest BCUT2D eigenvalue weighted by Crippen LogP contribution is 2.39. The Morgan fingerprint density at radius 2 is 1.68 bits per heavy atom. The highest BCUT2D eigenvalue weighted by atomic mass is 35.5. The van der Waals surface area contributed by atoms with Gasteiger partial charge in [-0.15, -0.1) is 0 Å². The summed E-state index contributed by atoms with van der Waals surface area (Å²) in [6, 6.07) is 7.27. The molecule has 0 unspecified atom stereocenters. The zero-order valence-electron chi connectivity index (χ0n) is 14.1. The second-order valence-electron chi connectivity index (χ2n) is 7.34. The molecule has 0 saturated carbocycles. The van der Waals surface area contributed by atoms with Gasteiger partial charge in [0, 0.05) is 25.2 Å². The van der Waals surface area contributed by atoms with Crippen LogP contribution >= 0.6 is 11.6 Å². The summed E-state index contributed by atoms with van der Waals surface area (Å²) >= 11 is 6.10. The molecule has 0 aliphatic carbocycles. The van der Waals surface area contributed by atoms with Gasteiger partial charge in [-0.2, -0.15) is 4.31 Å². The van der Waals surface area contributed by atoms with E-state index >= 15 is 0 Å². The highest BCUT2D eigenvalue weighted by molar-refractivity contribution is 7.89. The smallest absolute Gasteiger partial charge is 0.244 e. The molecule has 5 nitrogen and oxygen atoms in total. The standard InChI is InChI=1S/C18H23ClN2O3S/c19-16-5-1-2-6-17(16)25(23,24)20-11-3-4-13(12-20)18(22)21-14-7-8-15(21)10-9-14/h1-2,5-6,13-15H,3-4,7-12H2/t13-,14?,15?/m0/s1. The van der Waals surface area contributed by atoms with E-state index in [1.807, 2.05) is 0 Å². The Labute approximate surface area is 154 Å². The Kier molecular flexibility index (Phi) is 4.54. The lowest BCUT2D eigenvalue weighted by atomic mass is 9.98. The molecule has 3 heterocycles. The molecule has 1 aromatic rings. The molecule has 4 rings (SSSR count). The fraction of sp³-hybridized carbons (Fsp3) is 0.611. The lowest BCUT2D eigenvalue weighted by molar-refractivity contribution is -0.137. The van der Waals surface area contributed by atoms with Gasteiger partial charge in [0.1, 0.15) is 4.90 Å². The zero-order valence-corrected chi connectivity index (χ0v) is 15.7. The van der Waals surface area contributed by atoms with Crippen molar-refractivity contribution in [1.82, 2.24) is 9.21 Å². The van der Waals surface area contributed by atoms with E-state index in [4.69, 9.17) is 11.6 Å². The molecule has 1 amide bonds. The van der Waals surface area contributed by atoms with Crippen molar-refractivity contribution in [1.29, 1.82) is 0 Å². The molecule has 3 fully saturated rings. The van der Waals surface area contributed by atoms with Crippen LogP contribution in [-0.2, 0) is 14.8 Å². The van der Waals surface area contributed by atoms with Crippen LogP contribution in [0.4, 0.5) is 0 Å². The topological polar surface area (TPSA) is 57.7 Å². The molecule has 3 aliphatic heterocycles. The highest BCUT2D eigenvalue weighted by Gasteiger charge is 2.45. The Morgan fingerprint density at radius 3 is 2.32 bits per heavy atom. The molecule has 0 aromatic heterocycles. The van der Waals surface area contributed by atoms with Gasteiger partial charge >= 0.3 is 0 Å². The maximum atomic E-state index is 13.0. The summed E-state index contributed by atoms with van der Waals surface area (Å²) in [5, 5.41) is 0.230. The minimum absolute atomic E-state index is 0.131. The van der Waals surface area contributed by atoms with Crippen LogP contribution in [0.25, 0.3) is 0 Å². The first kappa shape index (κ1) is 17.3. The second kappa shape index (κ2) is 6.56. The van der Waals surface area contributed by atoms with Crippen molar-refractivity contribution in [3.63, 3.8) is 0 Å². The van der Waals surface area contributed by atoms with Gasteiger partial charge in [-0.05, 0) is 50.7 Å². The van der Waals surface area contributed by atoms with Crippen molar-refractivity contribution in [3.05, 3.63) is 29.3 Å². The Bertz CT molecular complexity index is 762. The maximum absolute atomic E-state index is 13.0. The van der Waals surface area contributed by atoms with E-state index in [-0.39, 0.29) is 28.3 Å². The normalized spacial score (nSPS) is 30.0. The number of hydrogen-bond acceptors (Lipinski definition) is 3. The van der Waals surface area contributed by atoms with Crippen molar-refractivity contribution < 1.29 is 13.2 Å². The van der Waals surface area contributed by atoms with Crippen LogP contribution in [0.5, 0.6) is 0 Å². The third-order valence-corrected chi connectivity index (χ3v) is 8.26. The minimum Gasteiger partial charge on any atom is -0.336 e. The number of hydrogen-bond donors (Lipinski definition) is 0. The molecule has 3 saturated heterocycles. The largest absolute Gasteiger partial charge is 0.336 e. The van der Waals surface area contributed by atoms with Gasteiger partial charge in [0.25, 0.3) is 0 Å². The van der Waals surface area contributed by atoms with Crippen molar-refractivity contribution in [2.75, 3.05) is 13.1 Å². The van der Waals surface area contributed by atoms with Crippen LogP contribution < -0.4 is 0 Å². The number of amides is 1.